The van der Waals surface area contributed by atoms with Gasteiger partial charge in [-0.3, -0.25) is 4.79 Å². The number of benzene rings is 2. The van der Waals surface area contributed by atoms with Gasteiger partial charge in [-0.1, -0.05) is 61.2 Å². The van der Waals surface area contributed by atoms with Gasteiger partial charge in [-0.2, -0.15) is 0 Å². The van der Waals surface area contributed by atoms with E-state index >= 15 is 0 Å². The molecule has 0 fully saturated rings. The van der Waals surface area contributed by atoms with E-state index in [1.807, 2.05) is 6.07 Å². The molecule has 0 unspecified atom stereocenters. The molecule has 0 atom stereocenters. The lowest BCUT2D eigenvalue weighted by Gasteiger charge is -2.13. The molecule has 0 aliphatic carbocycles. The van der Waals surface area contributed by atoms with E-state index in [1.54, 1.807) is 36.4 Å². The van der Waals surface area contributed by atoms with E-state index in [-0.39, 0.29) is 5.91 Å². The number of amides is 1. The number of halogens is 2. The summed E-state index contributed by atoms with van der Waals surface area (Å²) < 4.78 is 5.73. The number of rotatable bonds is 7. The van der Waals surface area contributed by atoms with Gasteiger partial charge >= 0.3 is 0 Å². The van der Waals surface area contributed by atoms with Crippen LogP contribution in [0.4, 0.5) is 5.69 Å². The van der Waals surface area contributed by atoms with Crippen LogP contribution in [0.3, 0.4) is 0 Å². The fourth-order valence-corrected chi connectivity index (χ4v) is 2.60. The Morgan fingerprint density at radius 1 is 1.04 bits per heavy atom. The zero-order chi connectivity index (χ0) is 16.7. The predicted octanol–water partition coefficient (Wildman–Crippen LogP) is 5.81. The SMILES string of the molecule is CCCCCOc1ccccc1C(=O)Nc1c(Cl)cccc1Cl. The summed E-state index contributed by atoms with van der Waals surface area (Å²) in [4.78, 5) is 12.5. The Bertz CT molecular complexity index is 654. The van der Waals surface area contributed by atoms with Crippen LogP contribution >= 0.6 is 23.2 Å². The summed E-state index contributed by atoms with van der Waals surface area (Å²) in [5.41, 5.74) is 0.863. The number of unbranched alkanes of at least 4 members (excludes halogenated alkanes) is 2. The van der Waals surface area contributed by atoms with Crippen molar-refractivity contribution < 1.29 is 9.53 Å². The third kappa shape index (κ3) is 4.88. The molecule has 0 spiro atoms. The molecule has 0 bridgehead atoms. The van der Waals surface area contributed by atoms with Gasteiger partial charge in [-0.15, -0.1) is 0 Å². The largest absolute Gasteiger partial charge is 0.493 e. The van der Waals surface area contributed by atoms with E-state index < -0.39 is 0 Å². The number of hydrogen-bond donors (Lipinski definition) is 1. The second-order valence-corrected chi connectivity index (χ2v) is 5.92. The Hall–Kier alpha value is -1.71. The van der Waals surface area contributed by atoms with Gasteiger partial charge in [-0.25, -0.2) is 0 Å². The van der Waals surface area contributed by atoms with Crippen LogP contribution in [0.1, 0.15) is 36.5 Å². The number of carbonyl (C=O) groups excluding carboxylic acids is 1. The topological polar surface area (TPSA) is 38.3 Å². The van der Waals surface area contributed by atoms with E-state index in [9.17, 15) is 4.79 Å². The summed E-state index contributed by atoms with van der Waals surface area (Å²) in [6.07, 6.45) is 3.18. The molecule has 0 aliphatic heterocycles. The minimum Gasteiger partial charge on any atom is -0.493 e. The van der Waals surface area contributed by atoms with Gasteiger partial charge in [0.25, 0.3) is 5.91 Å². The number of hydrogen-bond acceptors (Lipinski definition) is 2. The highest BCUT2D eigenvalue weighted by Gasteiger charge is 2.15. The highest BCUT2D eigenvalue weighted by atomic mass is 35.5. The Kier molecular flexibility index (Phi) is 6.75. The summed E-state index contributed by atoms with van der Waals surface area (Å²) in [7, 11) is 0. The molecule has 2 aromatic rings. The molecule has 1 N–H and O–H groups in total. The van der Waals surface area contributed by atoms with E-state index in [2.05, 4.69) is 12.2 Å². The van der Waals surface area contributed by atoms with Crippen LogP contribution in [0.2, 0.25) is 10.0 Å². The molecule has 0 saturated carbocycles. The van der Waals surface area contributed by atoms with Crippen LogP contribution < -0.4 is 10.1 Å². The van der Waals surface area contributed by atoms with Crippen molar-refractivity contribution in [2.24, 2.45) is 0 Å². The van der Waals surface area contributed by atoms with Crippen LogP contribution in [0.15, 0.2) is 42.5 Å². The fourth-order valence-electron chi connectivity index (χ4n) is 2.11. The number of anilines is 1. The van der Waals surface area contributed by atoms with Gasteiger partial charge in [0.15, 0.2) is 0 Å². The van der Waals surface area contributed by atoms with Gasteiger partial charge in [0, 0.05) is 0 Å². The van der Waals surface area contributed by atoms with Crippen LogP contribution in [0.25, 0.3) is 0 Å². The molecule has 2 rings (SSSR count). The van der Waals surface area contributed by atoms with E-state index in [4.69, 9.17) is 27.9 Å². The standard InChI is InChI=1S/C18H19Cl2NO2/c1-2-3-6-12-23-16-11-5-4-8-13(16)18(22)21-17-14(19)9-7-10-15(17)20/h4-5,7-11H,2-3,6,12H2,1H3,(H,21,22). The molecule has 122 valence electrons. The van der Waals surface area contributed by atoms with Crippen LogP contribution in [-0.4, -0.2) is 12.5 Å². The molecule has 0 aliphatic rings. The third-order valence-electron chi connectivity index (χ3n) is 3.34. The first-order chi connectivity index (χ1) is 11.1. The average Bonchev–Trinajstić information content (AvgIpc) is 2.55. The lowest BCUT2D eigenvalue weighted by molar-refractivity contribution is 0.102. The molecule has 0 radical (unpaired) electrons. The molecule has 0 heterocycles. The van der Waals surface area contributed by atoms with Crippen molar-refractivity contribution >= 4 is 34.8 Å². The predicted molar refractivity (Wildman–Crippen MR) is 95.9 cm³/mol. The van der Waals surface area contributed by atoms with Gasteiger partial charge in [0.05, 0.1) is 27.9 Å². The van der Waals surface area contributed by atoms with Gasteiger partial charge < -0.3 is 10.1 Å². The second kappa shape index (κ2) is 8.80. The van der Waals surface area contributed by atoms with Crippen molar-refractivity contribution in [1.82, 2.24) is 0 Å². The summed E-state index contributed by atoms with van der Waals surface area (Å²) >= 11 is 12.2. The quantitative estimate of drug-likeness (QED) is 0.638. The molecule has 0 saturated heterocycles. The highest BCUT2D eigenvalue weighted by Crippen LogP contribution is 2.31. The molecule has 3 nitrogen and oxygen atoms in total. The first-order valence-electron chi connectivity index (χ1n) is 7.60. The van der Waals surface area contributed by atoms with Crippen LogP contribution in [0, 0.1) is 0 Å². The maximum atomic E-state index is 12.5. The molecular weight excluding hydrogens is 333 g/mol. The monoisotopic (exact) mass is 351 g/mol. The zero-order valence-corrected chi connectivity index (χ0v) is 14.5. The molecular formula is C18H19Cl2NO2. The number of carbonyl (C=O) groups is 1. The summed E-state index contributed by atoms with van der Waals surface area (Å²) in [5.74, 6) is 0.260. The van der Waals surface area contributed by atoms with Crippen LogP contribution in [-0.2, 0) is 0 Å². The van der Waals surface area contributed by atoms with Gasteiger partial charge in [0.1, 0.15) is 5.75 Å². The fraction of sp³-hybridized carbons (Fsp3) is 0.278. The lowest BCUT2D eigenvalue weighted by Crippen LogP contribution is -2.14. The maximum absolute atomic E-state index is 12.5. The van der Waals surface area contributed by atoms with Gasteiger partial charge in [-0.05, 0) is 30.7 Å². The van der Waals surface area contributed by atoms with Gasteiger partial charge in [0.2, 0.25) is 0 Å². The summed E-state index contributed by atoms with van der Waals surface area (Å²) in [5, 5.41) is 3.55. The Labute approximate surface area is 146 Å². The maximum Gasteiger partial charge on any atom is 0.259 e. The van der Waals surface area contributed by atoms with Crippen molar-refractivity contribution in [3.05, 3.63) is 58.1 Å². The van der Waals surface area contributed by atoms with E-state index in [0.29, 0.717) is 33.7 Å². The number of ether oxygens (including phenoxy) is 1. The van der Waals surface area contributed by atoms with E-state index in [0.717, 1.165) is 19.3 Å². The Morgan fingerprint density at radius 2 is 1.74 bits per heavy atom. The molecule has 1 amide bonds. The normalized spacial score (nSPS) is 10.4. The van der Waals surface area contributed by atoms with Crippen molar-refractivity contribution in [2.75, 3.05) is 11.9 Å². The van der Waals surface area contributed by atoms with Crippen molar-refractivity contribution in [3.8, 4) is 5.75 Å². The second-order valence-electron chi connectivity index (χ2n) is 5.10. The smallest absolute Gasteiger partial charge is 0.259 e. The summed E-state index contributed by atoms with van der Waals surface area (Å²) in [6, 6.07) is 12.2. The Morgan fingerprint density at radius 3 is 2.43 bits per heavy atom. The third-order valence-corrected chi connectivity index (χ3v) is 3.97. The molecule has 0 aromatic heterocycles. The number of nitrogens with one attached hydrogen (secondary N) is 1. The Balaban J connectivity index is 2.13. The van der Waals surface area contributed by atoms with Crippen molar-refractivity contribution in [1.29, 1.82) is 0 Å². The molecule has 2 aromatic carbocycles. The highest BCUT2D eigenvalue weighted by molar-refractivity contribution is 6.40. The minimum absolute atomic E-state index is 0.300. The lowest BCUT2D eigenvalue weighted by atomic mass is 10.1. The number of para-hydroxylation sites is 2. The first-order valence-corrected chi connectivity index (χ1v) is 8.36. The minimum atomic E-state index is -0.300. The zero-order valence-electron chi connectivity index (χ0n) is 12.9. The summed E-state index contributed by atoms with van der Waals surface area (Å²) in [6.45, 7) is 2.72. The average molecular weight is 352 g/mol. The molecule has 23 heavy (non-hydrogen) atoms. The van der Waals surface area contributed by atoms with Crippen molar-refractivity contribution in [3.63, 3.8) is 0 Å². The van der Waals surface area contributed by atoms with Crippen LogP contribution in [0.5, 0.6) is 5.75 Å². The van der Waals surface area contributed by atoms with E-state index in [1.165, 1.54) is 0 Å². The first kappa shape index (κ1) is 17.6. The van der Waals surface area contributed by atoms with Crippen molar-refractivity contribution in [2.45, 2.75) is 26.2 Å². The molecule has 5 heteroatoms.